The topological polar surface area (TPSA) is 59.0 Å². The van der Waals surface area contributed by atoms with Crippen LogP contribution < -0.4 is 10.6 Å². The summed E-state index contributed by atoms with van der Waals surface area (Å²) in [6.07, 6.45) is -6.88. The third kappa shape index (κ3) is 6.36. The maximum absolute atomic E-state index is 12.2. The van der Waals surface area contributed by atoms with Crippen LogP contribution in [0, 0.1) is 0 Å². The van der Waals surface area contributed by atoms with Gasteiger partial charge in [0.1, 0.15) is 12.6 Å². The number of hydrogen-bond acceptors (Lipinski definition) is 2. The molecule has 2 N–H and O–H groups in total. The van der Waals surface area contributed by atoms with Crippen molar-refractivity contribution < 1.29 is 31.1 Å². The normalized spacial score (nSPS) is 13.9. The van der Waals surface area contributed by atoms with Crippen molar-refractivity contribution in [3.63, 3.8) is 0 Å². The molecule has 2 amide bonds. The van der Waals surface area contributed by atoms with Crippen molar-refractivity contribution in [2.45, 2.75) is 38.4 Å². The van der Waals surface area contributed by atoms with Gasteiger partial charge in [-0.1, -0.05) is 0 Å². The number of nitrogens with zero attached hydrogens (tertiary/aromatic N) is 2. The molecule has 1 aromatic rings. The van der Waals surface area contributed by atoms with E-state index in [2.05, 4.69) is 10.4 Å². The predicted molar refractivity (Wildman–Crippen MR) is 59.2 cm³/mol. The van der Waals surface area contributed by atoms with Crippen LogP contribution in [-0.2, 0) is 13.1 Å². The van der Waals surface area contributed by atoms with Crippen LogP contribution >= 0.6 is 0 Å². The van der Waals surface area contributed by atoms with Gasteiger partial charge in [-0.2, -0.15) is 31.4 Å². The van der Waals surface area contributed by atoms with Crippen molar-refractivity contribution in [2.24, 2.45) is 0 Å². The van der Waals surface area contributed by atoms with Crippen LogP contribution in [0.4, 0.5) is 31.1 Å². The van der Waals surface area contributed by atoms with Crippen molar-refractivity contribution in [3.05, 3.63) is 18.0 Å². The second-order valence-corrected chi connectivity index (χ2v) is 4.25. The Hall–Kier alpha value is -1.94. The van der Waals surface area contributed by atoms with Gasteiger partial charge in [-0.15, -0.1) is 0 Å². The summed E-state index contributed by atoms with van der Waals surface area (Å²) in [6.45, 7) is -0.764. The largest absolute Gasteiger partial charge is 0.408 e. The molecule has 11 heteroatoms. The number of alkyl halides is 6. The highest BCUT2D eigenvalue weighted by Gasteiger charge is 2.36. The Morgan fingerprint density at radius 1 is 1.33 bits per heavy atom. The van der Waals surface area contributed by atoms with E-state index in [1.165, 1.54) is 0 Å². The fourth-order valence-corrected chi connectivity index (χ4v) is 1.28. The Morgan fingerprint density at radius 3 is 2.48 bits per heavy atom. The SMILES string of the molecule is C[C@H](NC(=O)NCc1cnn(CC(F)(F)F)c1)C(F)(F)F. The maximum atomic E-state index is 12.2. The molecule has 120 valence electrons. The molecule has 1 aromatic heterocycles. The number of urea groups is 1. The molecule has 0 saturated carbocycles. The summed E-state index contributed by atoms with van der Waals surface area (Å²) in [6, 6.07) is -3.12. The Morgan fingerprint density at radius 2 is 1.95 bits per heavy atom. The minimum atomic E-state index is -4.57. The van der Waals surface area contributed by atoms with Crippen LogP contribution in [0.3, 0.4) is 0 Å². The van der Waals surface area contributed by atoms with Gasteiger partial charge in [-0.05, 0) is 6.92 Å². The second kappa shape index (κ2) is 6.22. The highest BCUT2D eigenvalue weighted by Crippen LogP contribution is 2.19. The summed E-state index contributed by atoms with van der Waals surface area (Å²) in [4.78, 5) is 11.2. The zero-order valence-electron chi connectivity index (χ0n) is 10.7. The molecule has 0 radical (unpaired) electrons. The molecule has 5 nitrogen and oxygen atoms in total. The summed E-state index contributed by atoms with van der Waals surface area (Å²) in [5.41, 5.74) is 0.231. The lowest BCUT2D eigenvalue weighted by atomic mass is 10.3. The number of hydrogen-bond donors (Lipinski definition) is 2. The summed E-state index contributed by atoms with van der Waals surface area (Å²) in [7, 11) is 0. The van der Waals surface area contributed by atoms with E-state index in [0.717, 1.165) is 19.3 Å². The van der Waals surface area contributed by atoms with Gasteiger partial charge >= 0.3 is 18.4 Å². The quantitative estimate of drug-likeness (QED) is 0.836. The number of carbonyl (C=O) groups excluding carboxylic acids is 1. The molecule has 0 aromatic carbocycles. The average molecular weight is 318 g/mol. The summed E-state index contributed by atoms with van der Waals surface area (Å²) in [5, 5.41) is 7.17. The van der Waals surface area contributed by atoms with Crippen LogP contribution in [0.15, 0.2) is 12.4 Å². The number of aromatic nitrogens is 2. The number of amides is 2. The smallest absolute Gasteiger partial charge is 0.334 e. The Kier molecular flexibility index (Phi) is 5.07. The van der Waals surface area contributed by atoms with Crippen LogP contribution in [-0.4, -0.2) is 34.2 Å². The van der Waals surface area contributed by atoms with Gasteiger partial charge < -0.3 is 10.6 Å². The molecule has 0 fully saturated rings. The Labute approximate surface area is 115 Å². The monoisotopic (exact) mass is 318 g/mol. The molecular weight excluding hydrogens is 306 g/mol. The zero-order chi connectivity index (χ0) is 16.3. The molecule has 1 atom stereocenters. The number of rotatable bonds is 4. The molecule has 0 bridgehead atoms. The highest BCUT2D eigenvalue weighted by atomic mass is 19.4. The molecule has 0 aliphatic heterocycles. The third-order valence-corrected chi connectivity index (χ3v) is 2.32. The Balaban J connectivity index is 2.44. The van der Waals surface area contributed by atoms with E-state index in [4.69, 9.17) is 0 Å². The van der Waals surface area contributed by atoms with E-state index in [-0.39, 0.29) is 12.1 Å². The molecule has 21 heavy (non-hydrogen) atoms. The zero-order valence-corrected chi connectivity index (χ0v) is 10.7. The third-order valence-electron chi connectivity index (χ3n) is 2.32. The van der Waals surface area contributed by atoms with Crippen molar-refractivity contribution in [3.8, 4) is 0 Å². The van der Waals surface area contributed by atoms with E-state index >= 15 is 0 Å². The molecule has 0 aliphatic rings. The van der Waals surface area contributed by atoms with Crippen molar-refractivity contribution in [2.75, 3.05) is 0 Å². The molecule has 1 heterocycles. The standard InChI is InChI=1S/C10H12F6N4O/c1-6(10(14,15)16)19-8(21)17-2-7-3-18-20(4-7)5-9(11,12)13/h3-4,6H,2,5H2,1H3,(H2,17,19,21)/t6-/m0/s1. The molecule has 0 aliphatic carbocycles. The highest BCUT2D eigenvalue weighted by molar-refractivity contribution is 5.74. The van der Waals surface area contributed by atoms with Gasteiger partial charge in [-0.25, -0.2) is 4.79 Å². The van der Waals surface area contributed by atoms with E-state index < -0.39 is 31.0 Å². The second-order valence-electron chi connectivity index (χ2n) is 4.25. The van der Waals surface area contributed by atoms with Gasteiger partial charge in [0, 0.05) is 18.3 Å². The van der Waals surface area contributed by atoms with Crippen LogP contribution in [0.25, 0.3) is 0 Å². The molecular formula is C10H12F6N4O. The first-order chi connectivity index (χ1) is 9.47. The van der Waals surface area contributed by atoms with E-state index in [1.807, 2.05) is 0 Å². The van der Waals surface area contributed by atoms with Crippen molar-refractivity contribution >= 4 is 6.03 Å². The maximum Gasteiger partial charge on any atom is 0.408 e. The van der Waals surface area contributed by atoms with E-state index in [1.54, 1.807) is 5.32 Å². The summed E-state index contributed by atoms with van der Waals surface area (Å²) >= 11 is 0. The van der Waals surface area contributed by atoms with E-state index in [0.29, 0.717) is 4.68 Å². The van der Waals surface area contributed by atoms with Crippen LogP contribution in [0.2, 0.25) is 0 Å². The van der Waals surface area contributed by atoms with Gasteiger partial charge in [0.2, 0.25) is 0 Å². The van der Waals surface area contributed by atoms with Crippen LogP contribution in [0.1, 0.15) is 12.5 Å². The lowest BCUT2D eigenvalue weighted by molar-refractivity contribution is -0.148. The van der Waals surface area contributed by atoms with Crippen LogP contribution in [0.5, 0.6) is 0 Å². The van der Waals surface area contributed by atoms with Gasteiger partial charge in [0.15, 0.2) is 0 Å². The number of halogens is 6. The lowest BCUT2D eigenvalue weighted by Gasteiger charge is -2.17. The van der Waals surface area contributed by atoms with E-state index in [9.17, 15) is 31.1 Å². The minimum absolute atomic E-state index is 0.231. The molecule has 1 rings (SSSR count). The number of carbonyl (C=O) groups is 1. The molecule has 0 spiro atoms. The first-order valence-electron chi connectivity index (χ1n) is 5.66. The minimum Gasteiger partial charge on any atom is -0.334 e. The predicted octanol–water partition coefficient (Wildman–Crippen LogP) is 2.20. The number of nitrogens with one attached hydrogen (secondary N) is 2. The fourth-order valence-electron chi connectivity index (χ4n) is 1.28. The molecule has 0 saturated heterocycles. The summed E-state index contributed by atoms with van der Waals surface area (Å²) in [5.74, 6) is 0. The fraction of sp³-hybridized carbons (Fsp3) is 0.600. The van der Waals surface area contributed by atoms with Crippen molar-refractivity contribution in [1.82, 2.24) is 20.4 Å². The lowest BCUT2D eigenvalue weighted by Crippen LogP contribution is -2.47. The molecule has 0 unspecified atom stereocenters. The Bertz CT molecular complexity index is 481. The first kappa shape index (κ1) is 17.1. The van der Waals surface area contributed by atoms with Gasteiger partial charge in [0.25, 0.3) is 0 Å². The first-order valence-corrected chi connectivity index (χ1v) is 5.66. The van der Waals surface area contributed by atoms with Gasteiger partial charge in [0.05, 0.1) is 6.20 Å². The van der Waals surface area contributed by atoms with Gasteiger partial charge in [-0.3, -0.25) is 4.68 Å². The van der Waals surface area contributed by atoms with Crippen molar-refractivity contribution in [1.29, 1.82) is 0 Å². The average Bonchev–Trinajstić information content (AvgIpc) is 2.70. The summed E-state index contributed by atoms with van der Waals surface area (Å²) < 4.78 is 73.4.